The fourth-order valence-corrected chi connectivity index (χ4v) is 2.05. The second-order valence-corrected chi connectivity index (χ2v) is 4.47. The van der Waals surface area contributed by atoms with Gasteiger partial charge >= 0.3 is 0 Å². The molecule has 0 aliphatic rings. The van der Waals surface area contributed by atoms with Crippen molar-refractivity contribution in [1.29, 1.82) is 0 Å². The van der Waals surface area contributed by atoms with Crippen LogP contribution in [0, 0.1) is 0 Å². The molecule has 0 aliphatic heterocycles. The van der Waals surface area contributed by atoms with Crippen molar-refractivity contribution in [1.82, 2.24) is 0 Å². The molecule has 0 unspecified atom stereocenters. The highest BCUT2D eigenvalue weighted by atomic mass is 16.5. The first-order chi connectivity index (χ1) is 9.21. The van der Waals surface area contributed by atoms with Crippen LogP contribution < -0.4 is 15.2 Å². The number of nitrogen functional groups attached to an aromatic ring is 1. The number of aryl methyl sites for hydroxylation is 2. The number of methoxy groups -OCH3 is 2. The first-order valence-electron chi connectivity index (χ1n) is 6.27. The lowest BCUT2D eigenvalue weighted by Gasteiger charge is -2.08. The predicted octanol–water partition coefficient (Wildman–Crippen LogP) is 3.07. The van der Waals surface area contributed by atoms with Gasteiger partial charge in [0.05, 0.1) is 14.2 Å². The lowest BCUT2D eigenvalue weighted by atomic mass is 10.0. The minimum Gasteiger partial charge on any atom is -0.497 e. The number of benzene rings is 2. The van der Waals surface area contributed by atoms with Crippen LogP contribution in [0.5, 0.6) is 11.5 Å². The Bertz CT molecular complexity index is 530. The average Bonchev–Trinajstić information content (AvgIpc) is 2.44. The average molecular weight is 257 g/mol. The fourth-order valence-electron chi connectivity index (χ4n) is 2.05. The van der Waals surface area contributed by atoms with Crippen LogP contribution in [-0.4, -0.2) is 14.2 Å². The molecule has 0 aromatic heterocycles. The number of ether oxygens (including phenoxy) is 2. The second-order valence-electron chi connectivity index (χ2n) is 4.47. The Kier molecular flexibility index (Phi) is 4.29. The van der Waals surface area contributed by atoms with Crippen LogP contribution >= 0.6 is 0 Å². The van der Waals surface area contributed by atoms with Gasteiger partial charge in [0.25, 0.3) is 0 Å². The molecule has 0 bridgehead atoms. The van der Waals surface area contributed by atoms with Crippen molar-refractivity contribution < 1.29 is 9.47 Å². The number of hydrogen-bond acceptors (Lipinski definition) is 3. The maximum Gasteiger partial charge on any atom is 0.122 e. The standard InChI is InChI=1S/C16H19NO2/c1-18-15-9-13(10-16(11-15)19-2)7-6-12-4-3-5-14(17)8-12/h3-5,8-11H,6-7,17H2,1-2H3. The normalized spacial score (nSPS) is 10.2. The van der Waals surface area contributed by atoms with E-state index in [1.54, 1.807) is 14.2 Å². The Morgan fingerprint density at radius 1 is 0.842 bits per heavy atom. The molecule has 0 heterocycles. The minimum absolute atomic E-state index is 0.806. The summed E-state index contributed by atoms with van der Waals surface area (Å²) in [5.74, 6) is 1.64. The predicted molar refractivity (Wildman–Crippen MR) is 77.8 cm³/mol. The van der Waals surface area contributed by atoms with Gasteiger partial charge in [0.1, 0.15) is 11.5 Å². The van der Waals surface area contributed by atoms with Crippen molar-refractivity contribution in [3.8, 4) is 11.5 Å². The molecule has 2 N–H and O–H groups in total. The van der Waals surface area contributed by atoms with Crippen LogP contribution in [0.4, 0.5) is 5.69 Å². The van der Waals surface area contributed by atoms with Crippen molar-refractivity contribution in [2.24, 2.45) is 0 Å². The van der Waals surface area contributed by atoms with Crippen LogP contribution in [0.15, 0.2) is 42.5 Å². The van der Waals surface area contributed by atoms with E-state index in [1.807, 2.05) is 36.4 Å². The molecule has 3 heteroatoms. The second kappa shape index (κ2) is 6.14. The molecule has 2 aromatic rings. The van der Waals surface area contributed by atoms with E-state index < -0.39 is 0 Å². The highest BCUT2D eigenvalue weighted by molar-refractivity contribution is 5.42. The number of rotatable bonds is 5. The molecule has 2 aromatic carbocycles. The van der Waals surface area contributed by atoms with Crippen LogP contribution in [0.1, 0.15) is 11.1 Å². The van der Waals surface area contributed by atoms with Crippen molar-refractivity contribution in [3.63, 3.8) is 0 Å². The van der Waals surface area contributed by atoms with Gasteiger partial charge in [-0.2, -0.15) is 0 Å². The summed E-state index contributed by atoms with van der Waals surface area (Å²) in [6.45, 7) is 0. The summed E-state index contributed by atoms with van der Waals surface area (Å²) < 4.78 is 10.5. The van der Waals surface area contributed by atoms with E-state index in [1.165, 1.54) is 11.1 Å². The van der Waals surface area contributed by atoms with Crippen molar-refractivity contribution in [2.75, 3.05) is 20.0 Å². The summed E-state index contributed by atoms with van der Waals surface area (Å²) in [5, 5.41) is 0. The third kappa shape index (κ3) is 3.65. The van der Waals surface area contributed by atoms with E-state index >= 15 is 0 Å². The topological polar surface area (TPSA) is 44.5 Å². The maximum absolute atomic E-state index is 5.78. The smallest absolute Gasteiger partial charge is 0.122 e. The van der Waals surface area contributed by atoms with E-state index in [9.17, 15) is 0 Å². The number of anilines is 1. The van der Waals surface area contributed by atoms with Gasteiger partial charge in [0.2, 0.25) is 0 Å². The van der Waals surface area contributed by atoms with E-state index in [0.717, 1.165) is 30.0 Å². The van der Waals surface area contributed by atoms with Crippen LogP contribution in [0.25, 0.3) is 0 Å². The summed E-state index contributed by atoms with van der Waals surface area (Å²) in [6.07, 6.45) is 1.87. The zero-order valence-electron chi connectivity index (χ0n) is 11.3. The first kappa shape index (κ1) is 13.3. The highest BCUT2D eigenvalue weighted by Crippen LogP contribution is 2.23. The molecule has 3 nitrogen and oxygen atoms in total. The van der Waals surface area contributed by atoms with Crippen LogP contribution in [-0.2, 0) is 12.8 Å². The van der Waals surface area contributed by atoms with Crippen molar-refractivity contribution in [3.05, 3.63) is 53.6 Å². The van der Waals surface area contributed by atoms with Gasteiger partial charge in [-0.25, -0.2) is 0 Å². The summed E-state index contributed by atoms with van der Waals surface area (Å²) in [5.41, 5.74) is 9.02. The summed E-state index contributed by atoms with van der Waals surface area (Å²) >= 11 is 0. The molecule has 0 atom stereocenters. The lowest BCUT2D eigenvalue weighted by Crippen LogP contribution is -1.95. The Morgan fingerprint density at radius 3 is 2.05 bits per heavy atom. The number of hydrogen-bond donors (Lipinski definition) is 1. The van der Waals surface area contributed by atoms with Gasteiger partial charge in [-0.1, -0.05) is 12.1 Å². The van der Waals surface area contributed by atoms with E-state index in [0.29, 0.717) is 0 Å². The maximum atomic E-state index is 5.78. The molecule has 0 saturated carbocycles. The fraction of sp³-hybridized carbons (Fsp3) is 0.250. The lowest BCUT2D eigenvalue weighted by molar-refractivity contribution is 0.393. The van der Waals surface area contributed by atoms with Gasteiger partial charge in [-0.05, 0) is 48.2 Å². The Morgan fingerprint density at radius 2 is 1.47 bits per heavy atom. The summed E-state index contributed by atoms with van der Waals surface area (Å²) in [6, 6.07) is 13.9. The summed E-state index contributed by atoms with van der Waals surface area (Å²) in [7, 11) is 3.33. The molecule has 0 aliphatic carbocycles. The quantitative estimate of drug-likeness (QED) is 0.837. The molecule has 19 heavy (non-hydrogen) atoms. The summed E-state index contributed by atoms with van der Waals surface area (Å²) in [4.78, 5) is 0. The van der Waals surface area contributed by atoms with Gasteiger partial charge in [-0.15, -0.1) is 0 Å². The zero-order valence-corrected chi connectivity index (χ0v) is 11.3. The van der Waals surface area contributed by atoms with Gasteiger partial charge in [0.15, 0.2) is 0 Å². The van der Waals surface area contributed by atoms with E-state index in [2.05, 4.69) is 6.07 Å². The molecule has 0 fully saturated rings. The molecular weight excluding hydrogens is 238 g/mol. The monoisotopic (exact) mass is 257 g/mol. The molecule has 100 valence electrons. The van der Waals surface area contributed by atoms with E-state index in [4.69, 9.17) is 15.2 Å². The molecule has 0 spiro atoms. The third-order valence-electron chi connectivity index (χ3n) is 3.06. The van der Waals surface area contributed by atoms with Crippen molar-refractivity contribution >= 4 is 5.69 Å². The Balaban J connectivity index is 2.10. The minimum atomic E-state index is 0.806. The van der Waals surface area contributed by atoms with Gasteiger partial charge in [-0.3, -0.25) is 0 Å². The molecule has 0 amide bonds. The Labute approximate surface area is 114 Å². The molecule has 0 radical (unpaired) electrons. The SMILES string of the molecule is COc1cc(CCc2cccc(N)c2)cc(OC)c1. The molecule has 0 saturated heterocycles. The zero-order chi connectivity index (χ0) is 13.7. The van der Waals surface area contributed by atoms with E-state index in [-0.39, 0.29) is 0 Å². The third-order valence-corrected chi connectivity index (χ3v) is 3.06. The highest BCUT2D eigenvalue weighted by Gasteiger charge is 2.03. The molecular formula is C16H19NO2. The van der Waals surface area contributed by atoms with Crippen LogP contribution in [0.2, 0.25) is 0 Å². The first-order valence-corrected chi connectivity index (χ1v) is 6.27. The van der Waals surface area contributed by atoms with Crippen molar-refractivity contribution in [2.45, 2.75) is 12.8 Å². The Hall–Kier alpha value is -2.16. The van der Waals surface area contributed by atoms with Gasteiger partial charge in [0, 0.05) is 11.8 Å². The largest absolute Gasteiger partial charge is 0.497 e. The van der Waals surface area contributed by atoms with Gasteiger partial charge < -0.3 is 15.2 Å². The van der Waals surface area contributed by atoms with Crippen LogP contribution in [0.3, 0.4) is 0 Å². The molecule has 2 rings (SSSR count). The number of nitrogens with two attached hydrogens (primary N) is 1.